The summed E-state index contributed by atoms with van der Waals surface area (Å²) in [6.45, 7) is 4.80. The van der Waals surface area contributed by atoms with Crippen molar-refractivity contribution in [2.75, 3.05) is 46.5 Å². The maximum absolute atomic E-state index is 13.3. The molecule has 2 unspecified atom stereocenters. The molecule has 4 rings (SSSR count). The number of carboxylic acid groups (broad SMARTS) is 1. The van der Waals surface area contributed by atoms with Crippen LogP contribution < -0.4 is 43.4 Å². The van der Waals surface area contributed by atoms with Crippen molar-refractivity contribution >= 4 is 47.6 Å². The van der Waals surface area contributed by atoms with Gasteiger partial charge in [0, 0.05) is 20.2 Å². The van der Waals surface area contributed by atoms with E-state index in [0.29, 0.717) is 32.3 Å². The summed E-state index contributed by atoms with van der Waals surface area (Å²) in [5.41, 5.74) is 10.9. The van der Waals surface area contributed by atoms with E-state index >= 15 is 0 Å². The highest BCUT2D eigenvalue weighted by Crippen LogP contribution is 2.59. The van der Waals surface area contributed by atoms with Gasteiger partial charge in [-0.15, -0.1) is 0 Å². The molecule has 3 heterocycles. The molecule has 14 N–H and O–H groups in total. The molecular formula is C39H64N10O14. The number of carbonyl (C=O) groups excluding carboxylic acids is 6. The van der Waals surface area contributed by atoms with Gasteiger partial charge in [-0.05, 0) is 65.7 Å². The largest absolute Gasteiger partial charge is 0.481 e. The smallest absolute Gasteiger partial charge is 0.407 e. The number of aliphatic carboxylic acids is 1. The quantitative estimate of drug-likeness (QED) is 0.0111. The Balaban J connectivity index is 1.31. The van der Waals surface area contributed by atoms with Gasteiger partial charge in [-0.2, -0.15) is 0 Å². The number of nitrogens with one attached hydrogen (secondary N) is 7. The van der Waals surface area contributed by atoms with Crippen LogP contribution in [0.2, 0.25) is 0 Å². The van der Waals surface area contributed by atoms with Gasteiger partial charge in [0.15, 0.2) is 5.96 Å². The minimum atomic E-state index is -1.74. The number of epoxide rings is 2. The number of carbonyl (C=O) groups is 7. The lowest BCUT2D eigenvalue weighted by atomic mass is 9.68. The molecule has 0 radical (unpaired) electrons. The summed E-state index contributed by atoms with van der Waals surface area (Å²) in [4.78, 5) is 90.2. The van der Waals surface area contributed by atoms with E-state index in [1.165, 1.54) is 12.7 Å². The van der Waals surface area contributed by atoms with E-state index < -0.39 is 122 Å². The summed E-state index contributed by atoms with van der Waals surface area (Å²) in [5, 5.41) is 51.9. The molecule has 24 nitrogen and oxygen atoms in total. The van der Waals surface area contributed by atoms with Crippen molar-refractivity contribution in [3.63, 3.8) is 0 Å². The summed E-state index contributed by atoms with van der Waals surface area (Å²) in [5.74, 6) is -6.25. The third-order valence-electron chi connectivity index (χ3n) is 11.7. The fraction of sp³-hybridized carbons (Fsp3) is 0.744. The first kappa shape index (κ1) is 50.5. The van der Waals surface area contributed by atoms with Crippen molar-refractivity contribution in [2.45, 2.75) is 132 Å². The molecule has 0 aromatic heterocycles. The molecule has 3 aliphatic heterocycles. The lowest BCUT2D eigenvalue weighted by molar-refractivity contribution is -0.143. The number of aliphatic hydroxyl groups excluding tert-OH is 2. The number of rotatable bonds is 24. The van der Waals surface area contributed by atoms with Gasteiger partial charge in [0.2, 0.25) is 29.5 Å². The third kappa shape index (κ3) is 13.9. The Morgan fingerprint density at radius 1 is 1.02 bits per heavy atom. The molecule has 1 saturated carbocycles. The Labute approximate surface area is 364 Å². The zero-order chi connectivity index (χ0) is 46.6. The van der Waals surface area contributed by atoms with Crippen LogP contribution in [0.3, 0.4) is 0 Å². The van der Waals surface area contributed by atoms with E-state index in [0.717, 1.165) is 11.3 Å². The second-order valence-electron chi connectivity index (χ2n) is 16.7. The van der Waals surface area contributed by atoms with E-state index in [1.807, 2.05) is 20.8 Å². The third-order valence-corrected chi connectivity index (χ3v) is 11.7. The highest BCUT2D eigenvalue weighted by Gasteiger charge is 2.72. The van der Waals surface area contributed by atoms with Crippen LogP contribution in [0.5, 0.6) is 0 Å². The van der Waals surface area contributed by atoms with Crippen LogP contribution in [0, 0.1) is 11.3 Å². The lowest BCUT2D eigenvalue weighted by Crippen LogP contribution is -2.59. The van der Waals surface area contributed by atoms with E-state index in [2.05, 4.69) is 38.0 Å². The zero-order valence-electron chi connectivity index (χ0n) is 36.1. The number of hydrogen-bond donors (Lipinski definition) is 12. The van der Waals surface area contributed by atoms with Crippen molar-refractivity contribution < 1.29 is 67.8 Å². The Hall–Kier alpha value is -5.14. The second-order valence-corrected chi connectivity index (χ2v) is 16.7. The summed E-state index contributed by atoms with van der Waals surface area (Å²) < 4.78 is 23.8. The molecule has 63 heavy (non-hydrogen) atoms. The van der Waals surface area contributed by atoms with E-state index in [9.17, 15) is 48.9 Å². The maximum Gasteiger partial charge on any atom is 0.407 e. The highest BCUT2D eigenvalue weighted by atomic mass is 16.6. The number of amides is 6. The van der Waals surface area contributed by atoms with Gasteiger partial charge in [0.25, 0.3) is 0 Å². The minimum absolute atomic E-state index is 0.00166. The highest BCUT2D eigenvalue weighted by molar-refractivity contribution is 5.94. The molecule has 0 aromatic rings. The molecule has 0 aromatic carbocycles. The van der Waals surface area contributed by atoms with Gasteiger partial charge in [-0.25, -0.2) is 4.79 Å². The Morgan fingerprint density at radius 2 is 1.73 bits per heavy atom. The van der Waals surface area contributed by atoms with Gasteiger partial charge in [-0.1, -0.05) is 11.6 Å². The van der Waals surface area contributed by atoms with Gasteiger partial charge in [0.05, 0.1) is 44.2 Å². The van der Waals surface area contributed by atoms with Crippen molar-refractivity contribution in [2.24, 2.45) is 17.4 Å². The summed E-state index contributed by atoms with van der Waals surface area (Å²) >= 11 is 0. The number of alkyl carbamates (subject to hydrolysis) is 1. The first-order valence-electron chi connectivity index (χ1n) is 21.0. The molecule has 3 saturated heterocycles. The summed E-state index contributed by atoms with van der Waals surface area (Å²) in [6.07, 6.45) is 0.0408. The number of allylic oxidation sites excluding steroid dienone is 1. The monoisotopic (exact) mass is 896 g/mol. The number of guanidine groups is 1. The minimum Gasteiger partial charge on any atom is -0.481 e. The fourth-order valence-electron chi connectivity index (χ4n) is 8.44. The number of likely N-dealkylation sites (tertiary alicyclic amines) is 1. The van der Waals surface area contributed by atoms with Crippen LogP contribution >= 0.6 is 0 Å². The Morgan fingerprint density at radius 3 is 2.33 bits per heavy atom. The zero-order valence-corrected chi connectivity index (χ0v) is 36.1. The first-order chi connectivity index (χ1) is 29.7. The van der Waals surface area contributed by atoms with Crippen molar-refractivity contribution in [1.29, 1.82) is 5.41 Å². The molecule has 4 aliphatic rings. The molecule has 4 fully saturated rings. The van der Waals surface area contributed by atoms with E-state index in [-0.39, 0.29) is 43.9 Å². The standard InChI is InChI=1S/C39H64N10O14/c1-20(2)9-10-26-38(3,63-26)31-30(60-4)25(11-12-39(31)19-61-39)62-37(59)45-17-28(52)46-21(7-5-13-43-36(41)42)33(56)44-16-27(51)47-22(15-29(53)54)34(57)48-23(18-50)35(58)49-14-6-8-24(49)32(40)55/h9,21-27,30-31,47,50-51H,5-8,10-19H2,1-4H3,(H2,40,55)(H,44,56)(H,45,59)(H,46,52)(H,48,57)(H,53,54)(H4,41,42,43)/t21-,22-,23-,24?,25+,26+,27?,30+,31+,38-,39-/m0/s1. The second kappa shape index (κ2) is 22.5. The van der Waals surface area contributed by atoms with Gasteiger partial charge < -0.3 is 77.2 Å². The lowest BCUT2D eigenvalue weighted by Gasteiger charge is -2.42. The van der Waals surface area contributed by atoms with E-state index in [4.69, 9.17) is 35.8 Å². The molecule has 6 amide bonds. The van der Waals surface area contributed by atoms with Gasteiger partial charge in [0.1, 0.15) is 54.3 Å². The number of hydrogen-bond acceptors (Lipinski definition) is 15. The topological polar surface area (TPSA) is 375 Å². The average molecular weight is 897 g/mol. The van der Waals surface area contributed by atoms with Gasteiger partial charge >= 0.3 is 12.1 Å². The maximum atomic E-state index is 13.3. The molecular weight excluding hydrogens is 832 g/mol. The number of nitrogens with two attached hydrogens (primary N) is 2. The van der Waals surface area contributed by atoms with Crippen LogP contribution in [0.4, 0.5) is 4.79 Å². The number of aliphatic hydroxyl groups is 2. The molecule has 1 aliphatic carbocycles. The molecule has 24 heteroatoms. The van der Waals surface area contributed by atoms with Crippen LogP contribution in [0.1, 0.15) is 72.1 Å². The normalized spacial score (nSPS) is 27.7. The molecule has 1 spiro atoms. The Bertz CT molecular complexity index is 1730. The molecule has 11 atom stereocenters. The Kier molecular flexibility index (Phi) is 18.0. The molecule has 354 valence electrons. The predicted molar refractivity (Wildman–Crippen MR) is 220 cm³/mol. The summed E-state index contributed by atoms with van der Waals surface area (Å²) in [6, 6.07) is -5.42. The number of primary amides is 1. The number of methoxy groups -OCH3 is 1. The fourth-order valence-corrected chi connectivity index (χ4v) is 8.44. The van der Waals surface area contributed by atoms with E-state index in [1.54, 1.807) is 0 Å². The van der Waals surface area contributed by atoms with Crippen LogP contribution in [0.25, 0.3) is 0 Å². The number of ether oxygens (including phenoxy) is 4. The number of carboxylic acids is 1. The van der Waals surface area contributed by atoms with Crippen molar-refractivity contribution in [3.8, 4) is 0 Å². The van der Waals surface area contributed by atoms with Gasteiger partial charge in [-0.3, -0.25) is 39.5 Å². The predicted octanol–water partition coefficient (Wildman–Crippen LogP) is -3.64. The first-order valence-corrected chi connectivity index (χ1v) is 21.0. The molecule has 0 bridgehead atoms. The van der Waals surface area contributed by atoms with Crippen molar-refractivity contribution in [3.05, 3.63) is 11.6 Å². The van der Waals surface area contributed by atoms with Crippen LogP contribution in [0.15, 0.2) is 11.6 Å². The average Bonchev–Trinajstić information content (AvgIpc) is 4.07. The van der Waals surface area contributed by atoms with Crippen LogP contribution in [-0.2, 0) is 47.7 Å². The SMILES string of the molecule is CO[C@@H]1[C@H](OC(=O)NCC(=O)N[C@@H](CCCNC(=N)N)C(=O)NCC(O)N[C@@H](CC(=O)O)C(=O)N[C@@H](CO)C(=O)N2CCCC2C(N)=O)CC[C@]2(CO2)[C@H]1[C@@]1(C)O[C@@H]1CC=C(C)C. The van der Waals surface area contributed by atoms with Crippen LogP contribution in [-0.4, -0.2) is 174 Å². The summed E-state index contributed by atoms with van der Waals surface area (Å²) in [7, 11) is 1.53. The van der Waals surface area contributed by atoms with Crippen molar-refractivity contribution in [1.82, 2.24) is 36.8 Å². The number of nitrogens with zero attached hydrogens (tertiary/aromatic N) is 1.